The maximum absolute atomic E-state index is 13.4. The molecule has 7 heteroatoms. The van der Waals surface area contributed by atoms with Crippen molar-refractivity contribution in [1.82, 2.24) is 20.1 Å². The SMILES string of the molecule is CC(C1CC1)N(Cc1ccccc1)C(=O)CN1C(=O)NC2(CCc3ncccc32)C1=O. The smallest absolute Gasteiger partial charge is 0.325 e. The second-order valence-electron chi connectivity index (χ2n) is 8.81. The van der Waals surface area contributed by atoms with Crippen molar-refractivity contribution in [3.63, 3.8) is 0 Å². The van der Waals surface area contributed by atoms with E-state index in [1.807, 2.05) is 41.3 Å². The molecule has 5 rings (SSSR count). The number of nitrogens with zero attached hydrogens (tertiary/aromatic N) is 3. The highest BCUT2D eigenvalue weighted by Gasteiger charge is 2.56. The molecule has 2 unspecified atom stereocenters. The number of aryl methyl sites for hydroxylation is 1. The van der Waals surface area contributed by atoms with Gasteiger partial charge in [0.15, 0.2) is 0 Å². The van der Waals surface area contributed by atoms with E-state index in [-0.39, 0.29) is 24.4 Å². The third-order valence-corrected chi connectivity index (χ3v) is 6.87. The monoisotopic (exact) mass is 418 g/mol. The summed E-state index contributed by atoms with van der Waals surface area (Å²) >= 11 is 0. The predicted octanol–water partition coefficient (Wildman–Crippen LogP) is 2.60. The Morgan fingerprint density at radius 1 is 1.23 bits per heavy atom. The van der Waals surface area contributed by atoms with Crippen molar-refractivity contribution in [2.45, 2.75) is 50.7 Å². The Morgan fingerprint density at radius 3 is 2.74 bits per heavy atom. The molecule has 0 bridgehead atoms. The number of carbonyl (C=O) groups is 3. The van der Waals surface area contributed by atoms with Gasteiger partial charge in [-0.15, -0.1) is 0 Å². The van der Waals surface area contributed by atoms with Crippen LogP contribution in [0.2, 0.25) is 0 Å². The van der Waals surface area contributed by atoms with Crippen molar-refractivity contribution in [2.24, 2.45) is 5.92 Å². The molecule has 1 aliphatic heterocycles. The fourth-order valence-corrected chi connectivity index (χ4v) is 4.89. The Balaban J connectivity index is 1.37. The van der Waals surface area contributed by atoms with Gasteiger partial charge >= 0.3 is 6.03 Å². The summed E-state index contributed by atoms with van der Waals surface area (Å²) in [5.74, 6) is -0.0700. The van der Waals surface area contributed by atoms with Gasteiger partial charge in [-0.2, -0.15) is 0 Å². The summed E-state index contributed by atoms with van der Waals surface area (Å²) < 4.78 is 0. The average Bonchev–Trinajstić information content (AvgIpc) is 3.54. The van der Waals surface area contributed by atoms with Gasteiger partial charge < -0.3 is 10.2 Å². The predicted molar refractivity (Wildman–Crippen MR) is 114 cm³/mol. The lowest BCUT2D eigenvalue weighted by atomic mass is 9.93. The van der Waals surface area contributed by atoms with E-state index >= 15 is 0 Å². The molecule has 7 nitrogen and oxygen atoms in total. The molecule has 1 N–H and O–H groups in total. The largest absolute Gasteiger partial charge is 0.334 e. The van der Waals surface area contributed by atoms with Crippen LogP contribution in [0.15, 0.2) is 48.7 Å². The van der Waals surface area contributed by atoms with Crippen LogP contribution in [0.1, 0.15) is 43.0 Å². The van der Waals surface area contributed by atoms with E-state index in [1.165, 1.54) is 0 Å². The molecule has 1 aromatic carbocycles. The molecule has 4 amide bonds. The Kier molecular flexibility index (Phi) is 4.76. The average molecular weight is 418 g/mol. The number of urea groups is 1. The van der Waals surface area contributed by atoms with Crippen molar-refractivity contribution in [3.05, 3.63) is 65.5 Å². The van der Waals surface area contributed by atoms with Crippen LogP contribution in [-0.4, -0.2) is 45.2 Å². The number of rotatable bonds is 6. The molecule has 2 atom stereocenters. The molecule has 1 saturated carbocycles. The summed E-state index contributed by atoms with van der Waals surface area (Å²) in [6.07, 6.45) is 5.01. The van der Waals surface area contributed by atoms with Crippen molar-refractivity contribution in [1.29, 1.82) is 0 Å². The molecule has 1 spiro atoms. The number of aromatic nitrogens is 1. The maximum atomic E-state index is 13.4. The molecule has 3 aliphatic rings. The normalized spacial score (nSPS) is 23.1. The van der Waals surface area contributed by atoms with Gasteiger partial charge in [-0.25, -0.2) is 4.79 Å². The summed E-state index contributed by atoms with van der Waals surface area (Å²) in [5, 5.41) is 2.87. The van der Waals surface area contributed by atoms with E-state index in [4.69, 9.17) is 0 Å². The maximum Gasteiger partial charge on any atom is 0.325 e. The zero-order valence-corrected chi connectivity index (χ0v) is 17.6. The lowest BCUT2D eigenvalue weighted by Crippen LogP contribution is -2.47. The van der Waals surface area contributed by atoms with Gasteiger partial charge in [-0.3, -0.25) is 19.5 Å². The second kappa shape index (κ2) is 7.48. The van der Waals surface area contributed by atoms with Crippen LogP contribution in [0.4, 0.5) is 4.79 Å². The topological polar surface area (TPSA) is 82.6 Å². The molecule has 1 aromatic heterocycles. The summed E-state index contributed by atoms with van der Waals surface area (Å²) in [6, 6.07) is 13.0. The van der Waals surface area contributed by atoms with Crippen LogP contribution in [0.25, 0.3) is 0 Å². The quantitative estimate of drug-likeness (QED) is 0.731. The molecule has 2 aliphatic carbocycles. The van der Waals surface area contributed by atoms with Crippen molar-refractivity contribution in [3.8, 4) is 0 Å². The third kappa shape index (κ3) is 3.38. The number of pyridine rings is 1. The van der Waals surface area contributed by atoms with Crippen LogP contribution < -0.4 is 5.32 Å². The fourth-order valence-electron chi connectivity index (χ4n) is 4.89. The number of amides is 4. The highest BCUT2D eigenvalue weighted by atomic mass is 16.2. The Morgan fingerprint density at radius 2 is 2.00 bits per heavy atom. The lowest BCUT2D eigenvalue weighted by molar-refractivity contribution is -0.141. The van der Waals surface area contributed by atoms with Crippen LogP contribution in [0, 0.1) is 5.92 Å². The summed E-state index contributed by atoms with van der Waals surface area (Å²) in [4.78, 5) is 46.8. The van der Waals surface area contributed by atoms with Crippen molar-refractivity contribution in [2.75, 3.05) is 6.54 Å². The van der Waals surface area contributed by atoms with Gasteiger partial charge in [0.2, 0.25) is 5.91 Å². The molecule has 1 saturated heterocycles. The first-order valence-electron chi connectivity index (χ1n) is 10.9. The Labute approximate surface area is 181 Å². The molecule has 2 aromatic rings. The van der Waals surface area contributed by atoms with Crippen LogP contribution in [0.5, 0.6) is 0 Å². The molecular formula is C24H26N4O3. The van der Waals surface area contributed by atoms with Crippen molar-refractivity contribution < 1.29 is 14.4 Å². The lowest BCUT2D eigenvalue weighted by Gasteiger charge is -2.31. The Bertz CT molecular complexity index is 1040. The number of carbonyl (C=O) groups excluding carboxylic acids is 3. The fraction of sp³-hybridized carbons (Fsp3) is 0.417. The Hall–Kier alpha value is -3.22. The van der Waals surface area contributed by atoms with E-state index < -0.39 is 11.6 Å². The second-order valence-corrected chi connectivity index (χ2v) is 8.81. The number of hydrogen-bond acceptors (Lipinski definition) is 4. The first-order valence-corrected chi connectivity index (χ1v) is 10.9. The molecule has 31 heavy (non-hydrogen) atoms. The molecule has 2 fully saturated rings. The summed E-state index contributed by atoms with van der Waals surface area (Å²) in [7, 11) is 0. The van der Waals surface area contributed by atoms with Gasteiger partial charge in [0.05, 0.1) is 0 Å². The molecule has 2 heterocycles. The number of benzene rings is 1. The van der Waals surface area contributed by atoms with Crippen LogP contribution in [-0.2, 0) is 28.1 Å². The van der Waals surface area contributed by atoms with Gasteiger partial charge in [-0.1, -0.05) is 36.4 Å². The molecular weight excluding hydrogens is 392 g/mol. The zero-order valence-electron chi connectivity index (χ0n) is 17.6. The van der Waals surface area contributed by atoms with Gasteiger partial charge in [0, 0.05) is 30.0 Å². The van der Waals surface area contributed by atoms with E-state index in [9.17, 15) is 14.4 Å². The van der Waals surface area contributed by atoms with Gasteiger partial charge in [0.25, 0.3) is 5.91 Å². The van der Waals surface area contributed by atoms with E-state index in [0.29, 0.717) is 25.3 Å². The minimum atomic E-state index is -1.09. The highest BCUT2D eigenvalue weighted by Crippen LogP contribution is 2.40. The number of imide groups is 1. The molecule has 160 valence electrons. The minimum Gasteiger partial charge on any atom is -0.334 e. The van der Waals surface area contributed by atoms with E-state index in [1.54, 1.807) is 12.3 Å². The van der Waals surface area contributed by atoms with Gasteiger partial charge in [0.1, 0.15) is 12.1 Å². The number of fused-ring (bicyclic) bond motifs is 2. The van der Waals surface area contributed by atoms with Crippen LogP contribution >= 0.6 is 0 Å². The summed E-state index contributed by atoms with van der Waals surface area (Å²) in [5.41, 5.74) is 1.52. The van der Waals surface area contributed by atoms with E-state index in [0.717, 1.165) is 34.6 Å². The number of hydrogen-bond donors (Lipinski definition) is 1. The van der Waals surface area contributed by atoms with Gasteiger partial charge in [-0.05, 0) is 50.2 Å². The third-order valence-electron chi connectivity index (χ3n) is 6.87. The van der Waals surface area contributed by atoms with E-state index in [2.05, 4.69) is 17.2 Å². The summed E-state index contributed by atoms with van der Waals surface area (Å²) in [6.45, 7) is 2.29. The standard InChI is InChI=1S/C24H26N4O3/c1-16(18-9-10-18)27(14-17-6-3-2-4-7-17)21(29)15-28-22(30)24(26-23(28)31)12-11-20-19(24)8-5-13-25-20/h2-8,13,16,18H,9-12,14-15H2,1H3,(H,26,31). The van der Waals surface area contributed by atoms with Crippen LogP contribution in [0.3, 0.4) is 0 Å². The van der Waals surface area contributed by atoms with Crippen molar-refractivity contribution >= 4 is 17.8 Å². The molecule has 0 radical (unpaired) electrons. The first kappa shape index (κ1) is 19.7. The highest BCUT2D eigenvalue weighted by molar-refractivity contribution is 6.09. The first-order chi connectivity index (χ1) is 15.0. The minimum absolute atomic E-state index is 0.0684. The number of nitrogens with one attached hydrogen (secondary N) is 1. The zero-order chi connectivity index (χ0) is 21.6.